The van der Waals surface area contributed by atoms with Gasteiger partial charge in [0.2, 0.25) is 11.8 Å². The second-order valence-corrected chi connectivity index (χ2v) is 8.55. The van der Waals surface area contributed by atoms with Crippen LogP contribution in [0.15, 0.2) is 36.4 Å². The molecule has 2 rings (SSSR count). The summed E-state index contributed by atoms with van der Waals surface area (Å²) < 4.78 is 10.6. The molecule has 6 nitrogen and oxygen atoms in total. The van der Waals surface area contributed by atoms with Gasteiger partial charge < -0.3 is 19.7 Å². The smallest absolute Gasteiger partial charge is 0.242 e. The molecule has 0 unspecified atom stereocenters. The molecule has 2 amide bonds. The molecule has 0 aromatic heterocycles. The molecular weight excluding hydrogens is 463 g/mol. The lowest BCUT2D eigenvalue weighted by Crippen LogP contribution is -2.48. The molecule has 0 heterocycles. The van der Waals surface area contributed by atoms with Crippen molar-refractivity contribution in [3.63, 3.8) is 0 Å². The number of unbranched alkanes of at least 4 members (excludes halogenated alkanes) is 1. The molecule has 0 radical (unpaired) electrons. The molecule has 0 aliphatic rings. The summed E-state index contributed by atoms with van der Waals surface area (Å²) in [7, 11) is 3.15. The van der Waals surface area contributed by atoms with E-state index in [0.717, 1.165) is 18.4 Å². The minimum absolute atomic E-state index is 0.144. The number of methoxy groups -OCH3 is 2. The fourth-order valence-electron chi connectivity index (χ4n) is 3.40. The summed E-state index contributed by atoms with van der Waals surface area (Å²) in [5, 5.41) is 3.82. The molecular formula is C25H32Cl2N2O4. The lowest BCUT2D eigenvalue weighted by atomic mass is 10.1. The van der Waals surface area contributed by atoms with Crippen LogP contribution in [-0.4, -0.2) is 43.5 Å². The lowest BCUT2D eigenvalue weighted by Gasteiger charge is -2.29. The Morgan fingerprint density at radius 2 is 1.73 bits per heavy atom. The van der Waals surface area contributed by atoms with Crippen LogP contribution in [0.3, 0.4) is 0 Å². The van der Waals surface area contributed by atoms with Crippen LogP contribution in [0.1, 0.15) is 44.2 Å². The van der Waals surface area contributed by atoms with E-state index in [2.05, 4.69) is 12.2 Å². The van der Waals surface area contributed by atoms with Crippen LogP contribution in [0.5, 0.6) is 11.5 Å². The molecule has 0 bridgehead atoms. The average Bonchev–Trinajstić information content (AvgIpc) is 2.81. The highest BCUT2D eigenvalue weighted by Crippen LogP contribution is 2.29. The Morgan fingerprint density at radius 1 is 1.06 bits per heavy atom. The Balaban J connectivity index is 2.20. The van der Waals surface area contributed by atoms with Gasteiger partial charge in [0.15, 0.2) is 11.5 Å². The van der Waals surface area contributed by atoms with Gasteiger partial charge in [-0.05, 0) is 49.6 Å². The van der Waals surface area contributed by atoms with Crippen molar-refractivity contribution in [2.75, 3.05) is 20.8 Å². The van der Waals surface area contributed by atoms with Gasteiger partial charge in [0.05, 0.1) is 14.2 Å². The third-order valence-corrected chi connectivity index (χ3v) is 6.17. The monoisotopic (exact) mass is 494 g/mol. The summed E-state index contributed by atoms with van der Waals surface area (Å²) in [5.41, 5.74) is 1.55. The van der Waals surface area contributed by atoms with Crippen LogP contribution in [0, 0.1) is 0 Å². The molecule has 8 heteroatoms. The zero-order valence-electron chi connectivity index (χ0n) is 19.6. The van der Waals surface area contributed by atoms with E-state index in [9.17, 15) is 9.59 Å². The van der Waals surface area contributed by atoms with Gasteiger partial charge in [0.1, 0.15) is 6.04 Å². The number of rotatable bonds is 12. The highest BCUT2D eigenvalue weighted by molar-refractivity contribution is 6.36. The van der Waals surface area contributed by atoms with Gasteiger partial charge in [-0.1, -0.05) is 48.7 Å². The first-order valence-electron chi connectivity index (χ1n) is 11.0. The van der Waals surface area contributed by atoms with E-state index in [1.165, 1.54) is 4.90 Å². The fraction of sp³-hybridized carbons (Fsp3) is 0.440. The van der Waals surface area contributed by atoms with Crippen molar-refractivity contribution < 1.29 is 19.1 Å². The Hall–Kier alpha value is -2.44. The Labute approximate surface area is 206 Å². The third kappa shape index (κ3) is 7.54. The van der Waals surface area contributed by atoms with Crippen LogP contribution in [0.25, 0.3) is 0 Å². The number of carbonyl (C=O) groups excluding carboxylic acids is 2. The summed E-state index contributed by atoms with van der Waals surface area (Å²) in [4.78, 5) is 27.6. The van der Waals surface area contributed by atoms with E-state index in [4.69, 9.17) is 32.7 Å². The molecule has 0 aliphatic carbocycles. The van der Waals surface area contributed by atoms with E-state index in [1.54, 1.807) is 39.3 Å². The first-order chi connectivity index (χ1) is 15.8. The van der Waals surface area contributed by atoms with Gasteiger partial charge in [-0.15, -0.1) is 0 Å². The molecule has 33 heavy (non-hydrogen) atoms. The van der Waals surface area contributed by atoms with Gasteiger partial charge in [0, 0.05) is 35.1 Å². The van der Waals surface area contributed by atoms with Gasteiger partial charge in [-0.25, -0.2) is 0 Å². The van der Waals surface area contributed by atoms with Crippen molar-refractivity contribution in [1.29, 1.82) is 0 Å². The minimum Gasteiger partial charge on any atom is -0.493 e. The zero-order valence-corrected chi connectivity index (χ0v) is 21.1. The van der Waals surface area contributed by atoms with Gasteiger partial charge >= 0.3 is 0 Å². The summed E-state index contributed by atoms with van der Waals surface area (Å²) in [5.74, 6) is 0.857. The topological polar surface area (TPSA) is 67.9 Å². The second kappa shape index (κ2) is 13.3. The molecule has 2 aromatic rings. The van der Waals surface area contributed by atoms with Gasteiger partial charge in [-0.3, -0.25) is 9.59 Å². The molecule has 0 saturated carbocycles. The number of nitrogens with one attached hydrogen (secondary N) is 1. The number of carbonyl (C=O) groups is 2. The van der Waals surface area contributed by atoms with E-state index in [1.807, 2.05) is 18.2 Å². The average molecular weight is 495 g/mol. The van der Waals surface area contributed by atoms with E-state index >= 15 is 0 Å². The maximum atomic E-state index is 13.3. The number of halogens is 2. The molecule has 0 saturated heterocycles. The van der Waals surface area contributed by atoms with Crippen LogP contribution >= 0.6 is 23.2 Å². The zero-order chi connectivity index (χ0) is 24.4. The SMILES string of the molecule is CCCCNC(=O)[C@@H](C)N(Cc1c(Cl)cccc1Cl)C(=O)CCc1ccc(OC)c(OC)c1. The molecule has 1 atom stereocenters. The summed E-state index contributed by atoms with van der Waals surface area (Å²) in [6.45, 7) is 4.49. The summed E-state index contributed by atoms with van der Waals surface area (Å²) >= 11 is 12.7. The summed E-state index contributed by atoms with van der Waals surface area (Å²) in [6.07, 6.45) is 2.54. The second-order valence-electron chi connectivity index (χ2n) is 7.73. The van der Waals surface area contributed by atoms with Crippen LogP contribution < -0.4 is 14.8 Å². The molecule has 2 aromatic carbocycles. The molecule has 0 aliphatic heterocycles. The minimum atomic E-state index is -0.674. The van der Waals surface area contributed by atoms with Crippen molar-refractivity contribution in [2.24, 2.45) is 0 Å². The Morgan fingerprint density at radius 3 is 2.33 bits per heavy atom. The number of nitrogens with zero attached hydrogens (tertiary/aromatic N) is 1. The normalized spacial score (nSPS) is 11.6. The quantitative estimate of drug-likeness (QED) is 0.407. The number of ether oxygens (including phenoxy) is 2. The van der Waals surface area contributed by atoms with Crippen molar-refractivity contribution in [3.8, 4) is 11.5 Å². The lowest BCUT2D eigenvalue weighted by molar-refractivity contribution is -0.140. The van der Waals surface area contributed by atoms with Gasteiger partial charge in [-0.2, -0.15) is 0 Å². The van der Waals surface area contributed by atoms with Crippen molar-refractivity contribution >= 4 is 35.0 Å². The number of hydrogen-bond donors (Lipinski definition) is 1. The maximum absolute atomic E-state index is 13.3. The summed E-state index contributed by atoms with van der Waals surface area (Å²) in [6, 6.07) is 10.1. The molecule has 0 spiro atoms. The number of amides is 2. The molecule has 0 fully saturated rings. The molecule has 1 N–H and O–H groups in total. The van der Waals surface area contributed by atoms with E-state index in [0.29, 0.717) is 40.1 Å². The van der Waals surface area contributed by atoms with Crippen LogP contribution in [0.4, 0.5) is 0 Å². The predicted octanol–water partition coefficient (Wildman–Crippen LogP) is 5.28. The number of hydrogen-bond acceptors (Lipinski definition) is 4. The van der Waals surface area contributed by atoms with Gasteiger partial charge in [0.25, 0.3) is 0 Å². The fourth-order valence-corrected chi connectivity index (χ4v) is 3.92. The third-order valence-electron chi connectivity index (χ3n) is 5.46. The first-order valence-corrected chi connectivity index (χ1v) is 11.8. The number of aryl methyl sites for hydroxylation is 1. The van der Waals surface area contributed by atoms with Crippen LogP contribution in [0.2, 0.25) is 10.0 Å². The van der Waals surface area contributed by atoms with Crippen molar-refractivity contribution in [3.05, 3.63) is 57.6 Å². The highest BCUT2D eigenvalue weighted by Gasteiger charge is 2.27. The van der Waals surface area contributed by atoms with E-state index in [-0.39, 0.29) is 24.8 Å². The van der Waals surface area contributed by atoms with Crippen LogP contribution in [-0.2, 0) is 22.6 Å². The number of benzene rings is 2. The first kappa shape index (κ1) is 26.8. The largest absolute Gasteiger partial charge is 0.493 e. The van der Waals surface area contributed by atoms with Crippen molar-refractivity contribution in [2.45, 2.75) is 52.1 Å². The highest BCUT2D eigenvalue weighted by atomic mass is 35.5. The van der Waals surface area contributed by atoms with Crippen molar-refractivity contribution in [1.82, 2.24) is 10.2 Å². The standard InChI is InChI=1S/C25H32Cl2N2O4/c1-5-6-14-28-25(31)17(2)29(16-19-20(26)8-7-9-21(19)27)24(30)13-11-18-10-12-22(32-3)23(15-18)33-4/h7-10,12,15,17H,5-6,11,13-14,16H2,1-4H3,(H,28,31)/t17-/m1/s1. The maximum Gasteiger partial charge on any atom is 0.242 e. The Bertz CT molecular complexity index is 932. The predicted molar refractivity (Wildman–Crippen MR) is 132 cm³/mol. The molecule has 180 valence electrons. The Kier molecular flexibility index (Phi) is 10.8. The van der Waals surface area contributed by atoms with E-state index < -0.39 is 6.04 Å².